The van der Waals surface area contributed by atoms with E-state index in [0.717, 1.165) is 38.8 Å². The first-order valence-electron chi connectivity index (χ1n) is 11.6. The average molecular weight is 411 g/mol. The second-order valence-corrected chi connectivity index (χ2v) is 8.81. The van der Waals surface area contributed by atoms with Gasteiger partial charge in [0.1, 0.15) is 0 Å². The summed E-state index contributed by atoms with van der Waals surface area (Å²) in [5.74, 6) is 0.700. The van der Waals surface area contributed by atoms with Crippen molar-refractivity contribution in [3.63, 3.8) is 0 Å². The monoisotopic (exact) mass is 410 g/mol. The Balaban J connectivity index is 1.13. The van der Waals surface area contributed by atoms with Crippen LogP contribution in [-0.2, 0) is 4.79 Å². The molecular formula is C24H34N4O2. The second kappa shape index (κ2) is 10.0. The molecule has 6 heteroatoms. The maximum absolute atomic E-state index is 12.5. The van der Waals surface area contributed by atoms with Crippen LogP contribution in [0.2, 0.25) is 0 Å². The maximum Gasteiger partial charge on any atom is 0.315 e. The molecule has 3 N–H and O–H groups in total. The first kappa shape index (κ1) is 20.8. The van der Waals surface area contributed by atoms with E-state index in [1.165, 1.54) is 35.9 Å². The van der Waals surface area contributed by atoms with Crippen molar-refractivity contribution in [3.05, 3.63) is 36.0 Å². The first-order chi connectivity index (χ1) is 14.7. The summed E-state index contributed by atoms with van der Waals surface area (Å²) in [5.41, 5.74) is 2.47. The third kappa shape index (κ3) is 5.35. The molecule has 1 saturated carbocycles. The van der Waals surface area contributed by atoms with Crippen molar-refractivity contribution in [1.82, 2.24) is 20.5 Å². The minimum atomic E-state index is -0.0894. The molecule has 2 aliphatic rings. The lowest BCUT2D eigenvalue weighted by Crippen LogP contribution is -2.43. The van der Waals surface area contributed by atoms with Gasteiger partial charge in [-0.3, -0.25) is 4.79 Å². The van der Waals surface area contributed by atoms with Gasteiger partial charge in [0.05, 0.1) is 0 Å². The third-order valence-electron chi connectivity index (χ3n) is 6.63. The quantitative estimate of drug-likeness (QED) is 0.622. The Bertz CT molecular complexity index is 815. The zero-order chi connectivity index (χ0) is 20.8. The van der Waals surface area contributed by atoms with Crippen LogP contribution >= 0.6 is 0 Å². The van der Waals surface area contributed by atoms with Crippen LogP contribution in [0, 0.1) is 0 Å². The highest BCUT2D eigenvalue weighted by Gasteiger charge is 2.24. The number of carbonyl (C=O) groups excluding carboxylic acids is 2. The Kier molecular flexibility index (Phi) is 6.92. The highest BCUT2D eigenvalue weighted by molar-refractivity contribution is 5.80. The standard InChI is InChI=1S/C24H34N4O2/c29-23(11-6-14-25-24(30)26-20-8-2-1-3-9-20)28-15-12-18(13-16-28)22-17-19-7-4-5-10-21(19)27-22/h4-5,7,10,17-18,20,27H,1-3,6,8-9,11-16H2,(H2,25,26,30). The molecule has 1 aromatic heterocycles. The fourth-order valence-electron chi connectivity index (χ4n) is 4.84. The molecule has 4 rings (SSSR count). The molecule has 0 spiro atoms. The molecule has 1 aliphatic heterocycles. The van der Waals surface area contributed by atoms with Crippen molar-refractivity contribution < 1.29 is 9.59 Å². The van der Waals surface area contributed by atoms with Crippen molar-refractivity contribution in [1.29, 1.82) is 0 Å². The molecule has 30 heavy (non-hydrogen) atoms. The minimum absolute atomic E-state index is 0.0894. The molecule has 2 fully saturated rings. The SMILES string of the molecule is O=C(NCCCC(=O)N1CCC(c2cc3ccccc3[nH]2)CC1)NC1CCCCC1. The number of H-pyrrole nitrogens is 1. The number of aromatic nitrogens is 1. The lowest BCUT2D eigenvalue weighted by Gasteiger charge is -2.31. The van der Waals surface area contributed by atoms with Crippen LogP contribution in [0.3, 0.4) is 0 Å². The summed E-state index contributed by atoms with van der Waals surface area (Å²) in [7, 11) is 0. The van der Waals surface area contributed by atoms with Gasteiger partial charge in [-0.2, -0.15) is 0 Å². The third-order valence-corrected chi connectivity index (χ3v) is 6.63. The number of likely N-dealkylation sites (tertiary alicyclic amines) is 1. The second-order valence-electron chi connectivity index (χ2n) is 8.81. The number of fused-ring (bicyclic) bond motifs is 1. The maximum atomic E-state index is 12.5. The van der Waals surface area contributed by atoms with E-state index in [0.29, 0.717) is 31.3 Å². The fraction of sp³-hybridized carbons (Fsp3) is 0.583. The number of amides is 3. The number of benzene rings is 1. The molecule has 0 unspecified atom stereocenters. The van der Waals surface area contributed by atoms with Gasteiger partial charge < -0.3 is 20.5 Å². The molecule has 162 valence electrons. The highest BCUT2D eigenvalue weighted by Crippen LogP contribution is 2.30. The first-order valence-corrected chi connectivity index (χ1v) is 11.6. The van der Waals surface area contributed by atoms with Crippen molar-refractivity contribution in [2.24, 2.45) is 0 Å². The number of urea groups is 1. The minimum Gasteiger partial charge on any atom is -0.358 e. The van der Waals surface area contributed by atoms with E-state index in [2.05, 4.69) is 45.9 Å². The van der Waals surface area contributed by atoms with E-state index in [1.807, 2.05) is 4.90 Å². The van der Waals surface area contributed by atoms with E-state index in [4.69, 9.17) is 0 Å². The summed E-state index contributed by atoms with van der Waals surface area (Å²) in [4.78, 5) is 30.0. The predicted molar refractivity (Wildman–Crippen MR) is 119 cm³/mol. The Labute approximate surface area is 178 Å². The summed E-state index contributed by atoms with van der Waals surface area (Å²) in [6.45, 7) is 2.18. The lowest BCUT2D eigenvalue weighted by molar-refractivity contribution is -0.132. The van der Waals surface area contributed by atoms with Crippen LogP contribution in [-0.4, -0.2) is 47.5 Å². The zero-order valence-electron chi connectivity index (χ0n) is 17.8. The lowest BCUT2D eigenvalue weighted by atomic mass is 9.93. The van der Waals surface area contributed by atoms with Crippen molar-refractivity contribution in [2.45, 2.75) is 69.7 Å². The molecule has 0 atom stereocenters. The highest BCUT2D eigenvalue weighted by atomic mass is 16.2. The van der Waals surface area contributed by atoms with Gasteiger partial charge in [-0.1, -0.05) is 37.5 Å². The molecule has 0 bridgehead atoms. The zero-order valence-corrected chi connectivity index (χ0v) is 17.8. The van der Waals surface area contributed by atoms with Crippen LogP contribution in [0.5, 0.6) is 0 Å². The predicted octanol–water partition coefficient (Wildman–Crippen LogP) is 4.29. The van der Waals surface area contributed by atoms with Gasteiger partial charge in [0.2, 0.25) is 5.91 Å². The number of carbonyl (C=O) groups is 2. The number of nitrogens with one attached hydrogen (secondary N) is 3. The van der Waals surface area contributed by atoms with Crippen molar-refractivity contribution >= 4 is 22.8 Å². The number of aromatic amines is 1. The smallest absolute Gasteiger partial charge is 0.315 e. The topological polar surface area (TPSA) is 77.2 Å². The van der Waals surface area contributed by atoms with Crippen molar-refractivity contribution in [2.75, 3.05) is 19.6 Å². The summed E-state index contributed by atoms with van der Waals surface area (Å²) >= 11 is 0. The van der Waals surface area contributed by atoms with E-state index in [1.54, 1.807) is 0 Å². The Morgan fingerprint density at radius 1 is 1.03 bits per heavy atom. The van der Waals surface area contributed by atoms with E-state index in [9.17, 15) is 9.59 Å². The number of piperidine rings is 1. The number of para-hydroxylation sites is 1. The van der Waals surface area contributed by atoms with Gasteiger partial charge in [-0.05, 0) is 49.6 Å². The van der Waals surface area contributed by atoms with Gasteiger partial charge in [0.25, 0.3) is 0 Å². The van der Waals surface area contributed by atoms with Crippen LogP contribution < -0.4 is 10.6 Å². The van der Waals surface area contributed by atoms with Gasteiger partial charge in [0.15, 0.2) is 0 Å². The molecule has 1 aliphatic carbocycles. The van der Waals surface area contributed by atoms with Crippen LogP contribution in [0.1, 0.15) is 69.4 Å². The fourth-order valence-corrected chi connectivity index (χ4v) is 4.84. The Hall–Kier alpha value is -2.50. The van der Waals surface area contributed by atoms with Crippen LogP contribution in [0.25, 0.3) is 10.9 Å². The molecule has 2 aromatic rings. The van der Waals surface area contributed by atoms with Crippen LogP contribution in [0.15, 0.2) is 30.3 Å². The van der Waals surface area contributed by atoms with E-state index >= 15 is 0 Å². The molecule has 1 aromatic carbocycles. The molecule has 3 amide bonds. The molecular weight excluding hydrogens is 376 g/mol. The normalized spacial score (nSPS) is 18.5. The molecule has 6 nitrogen and oxygen atoms in total. The molecule has 2 heterocycles. The van der Waals surface area contributed by atoms with Gasteiger partial charge >= 0.3 is 6.03 Å². The summed E-state index contributed by atoms with van der Waals surface area (Å²) in [6.07, 6.45) is 9.05. The van der Waals surface area contributed by atoms with E-state index < -0.39 is 0 Å². The largest absolute Gasteiger partial charge is 0.358 e. The average Bonchev–Trinajstić information content (AvgIpc) is 3.22. The van der Waals surface area contributed by atoms with Crippen LogP contribution in [0.4, 0.5) is 4.79 Å². The Morgan fingerprint density at radius 3 is 2.57 bits per heavy atom. The van der Waals surface area contributed by atoms with Gasteiger partial charge in [0, 0.05) is 49.2 Å². The summed E-state index contributed by atoms with van der Waals surface area (Å²) in [5, 5.41) is 7.21. The number of hydrogen-bond acceptors (Lipinski definition) is 2. The number of nitrogens with zero attached hydrogens (tertiary/aromatic N) is 1. The molecule has 0 radical (unpaired) electrons. The van der Waals surface area contributed by atoms with Gasteiger partial charge in [-0.15, -0.1) is 0 Å². The summed E-state index contributed by atoms with van der Waals surface area (Å²) < 4.78 is 0. The molecule has 1 saturated heterocycles. The van der Waals surface area contributed by atoms with Crippen molar-refractivity contribution in [3.8, 4) is 0 Å². The number of hydrogen-bond donors (Lipinski definition) is 3. The summed E-state index contributed by atoms with van der Waals surface area (Å²) in [6, 6.07) is 10.8. The van der Waals surface area contributed by atoms with Gasteiger partial charge in [-0.25, -0.2) is 4.79 Å². The Morgan fingerprint density at radius 2 is 1.80 bits per heavy atom. The van der Waals surface area contributed by atoms with E-state index in [-0.39, 0.29) is 11.9 Å². The number of rotatable bonds is 6.